The minimum absolute atomic E-state index is 0.0954. The molecule has 0 spiro atoms. The zero-order valence-electron chi connectivity index (χ0n) is 15.2. The molecule has 25 heavy (non-hydrogen) atoms. The van der Waals surface area contributed by atoms with Gasteiger partial charge in [-0.3, -0.25) is 5.32 Å². The van der Waals surface area contributed by atoms with Crippen LogP contribution in [0.4, 0.5) is 5.69 Å². The average Bonchev–Trinajstić information content (AvgIpc) is 2.62. The van der Waals surface area contributed by atoms with Crippen LogP contribution in [0.2, 0.25) is 0 Å². The van der Waals surface area contributed by atoms with E-state index >= 15 is 0 Å². The molecule has 3 N–H and O–H groups in total. The van der Waals surface area contributed by atoms with Gasteiger partial charge in [0.05, 0.1) is 6.04 Å². The van der Waals surface area contributed by atoms with Crippen LogP contribution in [0.15, 0.2) is 72.8 Å². The molecule has 3 aromatic carbocycles. The minimum atomic E-state index is 0.0954. The number of nitrogens with one attached hydrogen (secondary N) is 1. The maximum absolute atomic E-state index is 6.04. The van der Waals surface area contributed by atoms with Crippen molar-refractivity contribution in [3.8, 4) is 0 Å². The fraction of sp³-hybridized carbons (Fsp3) is 0.217. The monoisotopic (exact) mass is 330 g/mol. The van der Waals surface area contributed by atoms with E-state index in [0.717, 1.165) is 5.69 Å². The molecule has 0 aliphatic rings. The summed E-state index contributed by atoms with van der Waals surface area (Å²) in [5, 5.41) is 3.78. The van der Waals surface area contributed by atoms with Gasteiger partial charge in [0.15, 0.2) is 0 Å². The Bertz CT molecular complexity index is 840. The Morgan fingerprint density at radius 3 is 2.08 bits per heavy atom. The van der Waals surface area contributed by atoms with Crippen LogP contribution in [0, 0.1) is 13.8 Å². The van der Waals surface area contributed by atoms with Crippen LogP contribution >= 0.6 is 0 Å². The number of benzene rings is 3. The van der Waals surface area contributed by atoms with E-state index in [1.807, 2.05) is 12.1 Å². The Hall–Kier alpha value is -2.58. The molecule has 0 saturated carbocycles. The van der Waals surface area contributed by atoms with E-state index in [-0.39, 0.29) is 12.1 Å². The van der Waals surface area contributed by atoms with E-state index in [1.54, 1.807) is 0 Å². The molecule has 0 heterocycles. The van der Waals surface area contributed by atoms with Crippen molar-refractivity contribution < 1.29 is 0 Å². The molecule has 128 valence electrons. The van der Waals surface area contributed by atoms with E-state index < -0.39 is 0 Å². The largest absolute Gasteiger partial charge is 0.399 e. The lowest BCUT2D eigenvalue weighted by molar-refractivity contribution is 0.516. The smallest absolute Gasteiger partial charge is 0.0582 e. The lowest BCUT2D eigenvalue weighted by atomic mass is 9.94. The van der Waals surface area contributed by atoms with Crippen molar-refractivity contribution in [2.45, 2.75) is 32.9 Å². The van der Waals surface area contributed by atoms with Gasteiger partial charge in [0.2, 0.25) is 0 Å². The first kappa shape index (κ1) is 17.2. The predicted octanol–water partition coefficient (Wildman–Crippen LogP) is 5.33. The van der Waals surface area contributed by atoms with Crippen LogP contribution in [-0.2, 0) is 0 Å². The molecular weight excluding hydrogens is 304 g/mol. The summed E-state index contributed by atoms with van der Waals surface area (Å²) < 4.78 is 0. The Kier molecular flexibility index (Phi) is 5.20. The molecule has 0 aliphatic heterocycles. The summed E-state index contributed by atoms with van der Waals surface area (Å²) in [6.07, 6.45) is 0. The molecule has 2 heteroatoms. The molecule has 3 rings (SSSR count). The van der Waals surface area contributed by atoms with Crippen LogP contribution in [0.5, 0.6) is 0 Å². The van der Waals surface area contributed by atoms with Crippen LogP contribution in [-0.4, -0.2) is 0 Å². The third-order valence-electron chi connectivity index (χ3n) is 4.82. The molecule has 3 aromatic rings. The molecule has 0 saturated heterocycles. The zero-order valence-corrected chi connectivity index (χ0v) is 15.2. The van der Waals surface area contributed by atoms with Crippen molar-refractivity contribution in [3.63, 3.8) is 0 Å². The minimum Gasteiger partial charge on any atom is -0.399 e. The van der Waals surface area contributed by atoms with Gasteiger partial charge >= 0.3 is 0 Å². The number of anilines is 1. The molecule has 2 atom stereocenters. The maximum Gasteiger partial charge on any atom is 0.0582 e. The molecular formula is C23H26N2. The summed E-state index contributed by atoms with van der Waals surface area (Å²) in [6, 6.07) is 25.7. The first-order valence-corrected chi connectivity index (χ1v) is 8.78. The number of hydrogen-bond donors (Lipinski definition) is 2. The van der Waals surface area contributed by atoms with Gasteiger partial charge in [0.25, 0.3) is 0 Å². The summed E-state index contributed by atoms with van der Waals surface area (Å²) in [5.74, 6) is 0. The van der Waals surface area contributed by atoms with Crippen molar-refractivity contribution in [1.82, 2.24) is 5.32 Å². The molecule has 0 aliphatic carbocycles. The summed E-state index contributed by atoms with van der Waals surface area (Å²) in [6.45, 7) is 6.51. The molecule has 0 bridgehead atoms. The standard InChI is InChI=1S/C23H26N2/c1-16-12-13-21(14-17(16)2)23(20-10-7-11-22(24)15-20)25-18(3)19-8-5-4-6-9-19/h4-15,18,23,25H,24H2,1-3H3/t18-,23?/m0/s1. The van der Waals surface area contributed by atoms with Gasteiger partial charge in [0.1, 0.15) is 0 Å². The van der Waals surface area contributed by atoms with Crippen molar-refractivity contribution in [2.75, 3.05) is 5.73 Å². The third kappa shape index (κ3) is 4.09. The Morgan fingerprint density at radius 2 is 1.40 bits per heavy atom. The lowest BCUT2D eigenvalue weighted by Gasteiger charge is -2.25. The number of nitrogens with two attached hydrogens (primary N) is 1. The fourth-order valence-electron chi connectivity index (χ4n) is 3.16. The molecule has 1 unspecified atom stereocenters. The Balaban J connectivity index is 1.98. The molecule has 0 aromatic heterocycles. The second-order valence-electron chi connectivity index (χ2n) is 6.75. The van der Waals surface area contributed by atoms with Gasteiger partial charge in [-0.25, -0.2) is 0 Å². The fourth-order valence-corrected chi connectivity index (χ4v) is 3.16. The highest BCUT2D eigenvalue weighted by molar-refractivity contribution is 5.45. The van der Waals surface area contributed by atoms with Crippen LogP contribution in [0.3, 0.4) is 0 Å². The Labute approximate surface area is 150 Å². The van der Waals surface area contributed by atoms with E-state index in [9.17, 15) is 0 Å². The average molecular weight is 330 g/mol. The highest BCUT2D eigenvalue weighted by atomic mass is 14.9. The normalized spacial score (nSPS) is 13.4. The topological polar surface area (TPSA) is 38.0 Å². The van der Waals surface area contributed by atoms with E-state index in [0.29, 0.717) is 0 Å². The molecule has 0 radical (unpaired) electrons. The van der Waals surface area contributed by atoms with Crippen molar-refractivity contribution in [2.24, 2.45) is 0 Å². The summed E-state index contributed by atoms with van der Waals surface area (Å²) in [5.41, 5.74) is 13.2. The van der Waals surface area contributed by atoms with Crippen molar-refractivity contribution in [3.05, 3.63) is 101 Å². The summed E-state index contributed by atoms with van der Waals surface area (Å²) >= 11 is 0. The lowest BCUT2D eigenvalue weighted by Crippen LogP contribution is -2.26. The Morgan fingerprint density at radius 1 is 0.720 bits per heavy atom. The highest BCUT2D eigenvalue weighted by Crippen LogP contribution is 2.28. The summed E-state index contributed by atoms with van der Waals surface area (Å²) in [7, 11) is 0. The first-order valence-electron chi connectivity index (χ1n) is 8.78. The second-order valence-corrected chi connectivity index (χ2v) is 6.75. The van der Waals surface area contributed by atoms with Crippen LogP contribution in [0.1, 0.15) is 46.8 Å². The first-order chi connectivity index (χ1) is 12.0. The van der Waals surface area contributed by atoms with Crippen LogP contribution < -0.4 is 11.1 Å². The maximum atomic E-state index is 6.04. The number of nitrogen functional groups attached to an aromatic ring is 1. The van der Waals surface area contributed by atoms with Gasteiger partial charge in [-0.2, -0.15) is 0 Å². The SMILES string of the molecule is Cc1ccc(C(N[C@@H](C)c2ccccc2)c2cccc(N)c2)cc1C. The molecule has 0 amide bonds. The van der Waals surface area contributed by atoms with Gasteiger partial charge in [-0.1, -0.05) is 60.7 Å². The van der Waals surface area contributed by atoms with E-state index in [1.165, 1.54) is 27.8 Å². The number of aryl methyl sites for hydroxylation is 2. The third-order valence-corrected chi connectivity index (χ3v) is 4.82. The van der Waals surface area contributed by atoms with E-state index in [2.05, 4.69) is 86.8 Å². The zero-order chi connectivity index (χ0) is 17.8. The quantitative estimate of drug-likeness (QED) is 0.621. The predicted molar refractivity (Wildman–Crippen MR) is 107 cm³/mol. The van der Waals surface area contributed by atoms with Crippen molar-refractivity contribution >= 4 is 5.69 Å². The molecule has 2 nitrogen and oxygen atoms in total. The number of hydrogen-bond acceptors (Lipinski definition) is 2. The van der Waals surface area contributed by atoms with Gasteiger partial charge in [-0.05, 0) is 60.7 Å². The van der Waals surface area contributed by atoms with Crippen molar-refractivity contribution in [1.29, 1.82) is 0 Å². The summed E-state index contributed by atoms with van der Waals surface area (Å²) in [4.78, 5) is 0. The van der Waals surface area contributed by atoms with E-state index in [4.69, 9.17) is 5.73 Å². The van der Waals surface area contributed by atoms with Gasteiger partial charge in [0, 0.05) is 11.7 Å². The van der Waals surface area contributed by atoms with Gasteiger partial charge < -0.3 is 5.73 Å². The van der Waals surface area contributed by atoms with Gasteiger partial charge in [-0.15, -0.1) is 0 Å². The highest BCUT2D eigenvalue weighted by Gasteiger charge is 2.18. The molecule has 0 fully saturated rings. The second kappa shape index (κ2) is 7.54. The van der Waals surface area contributed by atoms with Crippen LogP contribution in [0.25, 0.3) is 0 Å². The number of rotatable bonds is 5.